The molecule has 132 valence electrons. The number of nitrogens with one attached hydrogen (secondary N) is 3. The van der Waals surface area contributed by atoms with Gasteiger partial charge in [0, 0.05) is 36.0 Å². The standard InChI is InChI=1S/C16H27N7S/c1-11(6-14-12(2)20-9-22-14)7-19-16(17)18-4-5-24-8-15-13(3)21-10-23-15/h9-11H,4-8H2,1-3H3,(H,20,22)(H,21,23)(H3,17,18,19). The molecule has 0 saturated carbocycles. The molecule has 7 nitrogen and oxygen atoms in total. The summed E-state index contributed by atoms with van der Waals surface area (Å²) in [4.78, 5) is 19.2. The van der Waals surface area contributed by atoms with Gasteiger partial charge in [0.05, 0.1) is 24.0 Å². The Hall–Kier alpha value is -1.96. The van der Waals surface area contributed by atoms with Crippen LogP contribution in [-0.2, 0) is 12.2 Å². The highest BCUT2D eigenvalue weighted by Gasteiger charge is 2.07. The van der Waals surface area contributed by atoms with Gasteiger partial charge in [0.2, 0.25) is 0 Å². The van der Waals surface area contributed by atoms with E-state index >= 15 is 0 Å². The molecule has 2 aromatic heterocycles. The molecule has 0 spiro atoms. The Balaban J connectivity index is 1.59. The third-order valence-electron chi connectivity index (χ3n) is 3.78. The number of aryl methyl sites for hydroxylation is 2. The summed E-state index contributed by atoms with van der Waals surface area (Å²) in [5.41, 5.74) is 10.4. The SMILES string of the molecule is Cc1[nH]cnc1CSCCNC(N)=NCC(C)Cc1nc[nH]c1C. The van der Waals surface area contributed by atoms with E-state index in [1.807, 2.05) is 25.6 Å². The summed E-state index contributed by atoms with van der Waals surface area (Å²) < 4.78 is 0. The Morgan fingerprint density at radius 3 is 2.54 bits per heavy atom. The summed E-state index contributed by atoms with van der Waals surface area (Å²) in [6.07, 6.45) is 4.38. The van der Waals surface area contributed by atoms with Gasteiger partial charge in [-0.3, -0.25) is 4.99 Å². The van der Waals surface area contributed by atoms with Crippen molar-refractivity contribution in [3.63, 3.8) is 0 Å². The molecule has 0 fully saturated rings. The number of imidazole rings is 2. The Morgan fingerprint density at radius 1 is 1.25 bits per heavy atom. The second-order valence-corrected chi connectivity index (χ2v) is 7.07. The second kappa shape index (κ2) is 9.36. The minimum Gasteiger partial charge on any atom is -0.370 e. The van der Waals surface area contributed by atoms with Gasteiger partial charge in [-0.1, -0.05) is 6.92 Å². The van der Waals surface area contributed by atoms with Gasteiger partial charge in [0.1, 0.15) is 0 Å². The van der Waals surface area contributed by atoms with Crippen LogP contribution in [0.15, 0.2) is 17.6 Å². The molecule has 2 rings (SSSR count). The molecule has 0 amide bonds. The number of nitrogens with zero attached hydrogens (tertiary/aromatic N) is 3. The maximum absolute atomic E-state index is 5.92. The van der Waals surface area contributed by atoms with Gasteiger partial charge < -0.3 is 21.0 Å². The van der Waals surface area contributed by atoms with Crippen molar-refractivity contribution in [2.24, 2.45) is 16.6 Å². The molecule has 8 heteroatoms. The fourth-order valence-electron chi connectivity index (χ4n) is 2.25. The number of aromatic amines is 2. The van der Waals surface area contributed by atoms with Crippen LogP contribution in [0.5, 0.6) is 0 Å². The van der Waals surface area contributed by atoms with E-state index in [-0.39, 0.29) is 0 Å². The van der Waals surface area contributed by atoms with Crippen LogP contribution in [0.3, 0.4) is 0 Å². The molecule has 0 aliphatic carbocycles. The topological polar surface area (TPSA) is 108 Å². The van der Waals surface area contributed by atoms with Crippen LogP contribution < -0.4 is 11.1 Å². The lowest BCUT2D eigenvalue weighted by molar-refractivity contribution is 0.583. The van der Waals surface area contributed by atoms with Crippen molar-refractivity contribution in [2.75, 3.05) is 18.8 Å². The van der Waals surface area contributed by atoms with Gasteiger partial charge in [-0.25, -0.2) is 9.97 Å². The van der Waals surface area contributed by atoms with Crippen molar-refractivity contribution < 1.29 is 0 Å². The molecule has 0 aliphatic heterocycles. The van der Waals surface area contributed by atoms with E-state index in [0.29, 0.717) is 18.4 Å². The summed E-state index contributed by atoms with van der Waals surface area (Å²) in [5.74, 6) is 2.79. The summed E-state index contributed by atoms with van der Waals surface area (Å²) in [6, 6.07) is 0. The van der Waals surface area contributed by atoms with Gasteiger partial charge >= 0.3 is 0 Å². The van der Waals surface area contributed by atoms with Crippen LogP contribution >= 0.6 is 11.8 Å². The average molecular weight is 350 g/mol. The van der Waals surface area contributed by atoms with E-state index in [0.717, 1.165) is 47.2 Å². The zero-order valence-electron chi connectivity index (χ0n) is 14.6. The van der Waals surface area contributed by atoms with Gasteiger partial charge in [0.25, 0.3) is 0 Å². The fourth-order valence-corrected chi connectivity index (χ4v) is 3.13. The summed E-state index contributed by atoms with van der Waals surface area (Å²) in [5, 5.41) is 3.16. The highest BCUT2D eigenvalue weighted by atomic mass is 32.2. The Kier molecular flexibility index (Phi) is 7.17. The van der Waals surface area contributed by atoms with E-state index < -0.39 is 0 Å². The van der Waals surface area contributed by atoms with Crippen molar-refractivity contribution >= 4 is 17.7 Å². The number of aromatic nitrogens is 4. The van der Waals surface area contributed by atoms with Gasteiger partial charge in [-0.2, -0.15) is 11.8 Å². The molecule has 1 atom stereocenters. The molecule has 1 unspecified atom stereocenters. The Labute approximate surface area is 147 Å². The van der Waals surface area contributed by atoms with Crippen molar-refractivity contribution in [2.45, 2.75) is 32.9 Å². The van der Waals surface area contributed by atoms with E-state index in [4.69, 9.17) is 5.73 Å². The van der Waals surface area contributed by atoms with Gasteiger partial charge in [-0.05, 0) is 26.2 Å². The number of hydrogen-bond acceptors (Lipinski definition) is 4. The molecule has 2 aromatic rings. The number of thioether (sulfide) groups is 1. The van der Waals surface area contributed by atoms with E-state index in [9.17, 15) is 0 Å². The molecule has 0 aliphatic rings. The van der Waals surface area contributed by atoms with Crippen LogP contribution in [-0.4, -0.2) is 44.7 Å². The lowest BCUT2D eigenvalue weighted by Gasteiger charge is -2.09. The molecule has 0 aromatic carbocycles. The highest BCUT2D eigenvalue weighted by Crippen LogP contribution is 2.11. The minimum absolute atomic E-state index is 0.407. The van der Waals surface area contributed by atoms with Crippen LogP contribution in [0.25, 0.3) is 0 Å². The monoisotopic (exact) mass is 349 g/mol. The maximum atomic E-state index is 5.92. The summed E-state index contributed by atoms with van der Waals surface area (Å²) in [6.45, 7) is 7.74. The first-order chi connectivity index (χ1) is 11.6. The molecule has 0 radical (unpaired) electrons. The van der Waals surface area contributed by atoms with Crippen molar-refractivity contribution in [1.82, 2.24) is 25.3 Å². The van der Waals surface area contributed by atoms with Crippen molar-refractivity contribution in [3.8, 4) is 0 Å². The van der Waals surface area contributed by atoms with E-state index in [1.165, 1.54) is 0 Å². The predicted octanol–water partition coefficient (Wildman–Crippen LogP) is 1.77. The molecule has 24 heavy (non-hydrogen) atoms. The van der Waals surface area contributed by atoms with Gasteiger partial charge in [-0.15, -0.1) is 0 Å². The molecule has 2 heterocycles. The average Bonchev–Trinajstić information content (AvgIpc) is 3.14. The number of H-pyrrole nitrogens is 2. The first-order valence-corrected chi connectivity index (χ1v) is 9.31. The summed E-state index contributed by atoms with van der Waals surface area (Å²) >= 11 is 1.83. The van der Waals surface area contributed by atoms with Crippen LogP contribution in [0.2, 0.25) is 0 Å². The summed E-state index contributed by atoms with van der Waals surface area (Å²) in [7, 11) is 0. The lowest BCUT2D eigenvalue weighted by atomic mass is 10.1. The number of aliphatic imine (C=N–C) groups is 1. The third kappa shape index (κ3) is 5.92. The van der Waals surface area contributed by atoms with Crippen molar-refractivity contribution in [1.29, 1.82) is 0 Å². The van der Waals surface area contributed by atoms with Gasteiger partial charge in [0.15, 0.2) is 5.96 Å². The smallest absolute Gasteiger partial charge is 0.188 e. The first kappa shape index (κ1) is 18.4. The number of nitrogens with two attached hydrogens (primary N) is 1. The lowest BCUT2D eigenvalue weighted by Crippen LogP contribution is -2.33. The number of rotatable bonds is 9. The molecular weight excluding hydrogens is 322 g/mol. The van der Waals surface area contributed by atoms with E-state index in [1.54, 1.807) is 12.7 Å². The molecular formula is C16H27N7S. The molecule has 5 N–H and O–H groups in total. The zero-order valence-corrected chi connectivity index (χ0v) is 15.4. The first-order valence-electron chi connectivity index (χ1n) is 8.15. The largest absolute Gasteiger partial charge is 0.370 e. The second-order valence-electron chi connectivity index (χ2n) is 5.96. The Bertz CT molecular complexity index is 646. The number of guanidine groups is 1. The third-order valence-corrected chi connectivity index (χ3v) is 4.75. The normalized spacial score (nSPS) is 13.2. The predicted molar refractivity (Wildman–Crippen MR) is 100 cm³/mol. The Morgan fingerprint density at radius 2 is 1.92 bits per heavy atom. The minimum atomic E-state index is 0.407. The van der Waals surface area contributed by atoms with Crippen LogP contribution in [0.4, 0.5) is 0 Å². The highest BCUT2D eigenvalue weighted by molar-refractivity contribution is 7.98. The molecule has 0 bridgehead atoms. The maximum Gasteiger partial charge on any atom is 0.188 e. The van der Waals surface area contributed by atoms with Crippen LogP contribution in [0.1, 0.15) is 29.7 Å². The van der Waals surface area contributed by atoms with E-state index in [2.05, 4.69) is 37.2 Å². The van der Waals surface area contributed by atoms with Crippen molar-refractivity contribution in [3.05, 3.63) is 35.4 Å². The van der Waals surface area contributed by atoms with Crippen LogP contribution in [0, 0.1) is 19.8 Å². The quantitative estimate of drug-likeness (QED) is 0.313. The molecule has 0 saturated heterocycles. The zero-order chi connectivity index (χ0) is 17.4. The fraction of sp³-hybridized carbons (Fsp3) is 0.562. The number of hydrogen-bond donors (Lipinski definition) is 4.